The highest BCUT2D eigenvalue weighted by Crippen LogP contribution is 2.37. The molecule has 0 saturated carbocycles. The molecule has 0 N–H and O–H groups in total. The molecule has 0 saturated heterocycles. The summed E-state index contributed by atoms with van der Waals surface area (Å²) in [6, 6.07) is 22.6. The van der Waals surface area contributed by atoms with Gasteiger partial charge in [-0.25, -0.2) is 9.37 Å². The number of fused-ring (bicyclic) bond motifs is 2. The van der Waals surface area contributed by atoms with E-state index in [1.54, 1.807) is 42.5 Å². The van der Waals surface area contributed by atoms with Gasteiger partial charge < -0.3 is 9.15 Å². The lowest BCUT2D eigenvalue weighted by Crippen LogP contribution is -2.20. The molecule has 0 fully saturated rings. The molecule has 0 bridgehead atoms. The topological polar surface area (TPSA) is 113 Å². The number of aromatic nitrogens is 2. The van der Waals surface area contributed by atoms with Crippen LogP contribution in [0.15, 0.2) is 108 Å². The Morgan fingerprint density at radius 2 is 1.83 bits per heavy atom. The highest BCUT2D eigenvalue weighted by atomic mass is 79.9. The molecule has 0 amide bonds. The summed E-state index contributed by atoms with van der Waals surface area (Å²) in [6.07, 6.45) is 1.32. The van der Waals surface area contributed by atoms with Crippen molar-refractivity contribution in [1.82, 2.24) is 9.66 Å². The van der Waals surface area contributed by atoms with Gasteiger partial charge in [-0.1, -0.05) is 40.2 Å². The second-order valence-corrected chi connectivity index (χ2v) is 10.9. The van der Waals surface area contributed by atoms with Gasteiger partial charge in [0.1, 0.15) is 18.0 Å². The molecule has 0 aliphatic heterocycles. The van der Waals surface area contributed by atoms with Crippen molar-refractivity contribution in [1.29, 1.82) is 0 Å². The van der Waals surface area contributed by atoms with Crippen LogP contribution >= 0.6 is 31.9 Å². The largest absolute Gasteiger partial charge is 0.481 e. The molecule has 42 heavy (non-hydrogen) atoms. The first-order valence-electron chi connectivity index (χ1n) is 12.4. The molecule has 9 nitrogen and oxygen atoms in total. The normalized spacial score (nSPS) is 11.5. The lowest BCUT2D eigenvalue weighted by Gasteiger charge is -2.10. The zero-order valence-electron chi connectivity index (χ0n) is 21.3. The van der Waals surface area contributed by atoms with Gasteiger partial charge in [-0.3, -0.25) is 14.9 Å². The van der Waals surface area contributed by atoms with Crippen LogP contribution in [0.4, 0.5) is 10.1 Å². The zero-order chi connectivity index (χ0) is 29.4. The van der Waals surface area contributed by atoms with Crippen LogP contribution in [0.1, 0.15) is 11.1 Å². The Balaban J connectivity index is 1.41. The lowest BCUT2D eigenvalue weighted by molar-refractivity contribution is -0.386. The zero-order valence-corrected chi connectivity index (χ0v) is 24.5. The quantitative estimate of drug-likeness (QED) is 0.0958. The van der Waals surface area contributed by atoms with E-state index in [-0.39, 0.29) is 23.9 Å². The molecule has 0 spiro atoms. The SMILES string of the molecule is O=c1c2ccccc2nc(-c2cc3cc(Br)ccc3o2)n1N=Cc1cc(Br)c(OCc2ccc(F)cc2)c([N+](=O)[O-])c1. The predicted molar refractivity (Wildman–Crippen MR) is 163 cm³/mol. The number of nitrogens with zero attached hydrogens (tertiary/aromatic N) is 4. The third-order valence-electron chi connectivity index (χ3n) is 6.31. The third kappa shape index (κ3) is 5.46. The summed E-state index contributed by atoms with van der Waals surface area (Å²) in [5.74, 6) is 0.0851. The van der Waals surface area contributed by atoms with E-state index < -0.39 is 16.3 Å². The van der Waals surface area contributed by atoms with Gasteiger partial charge >= 0.3 is 5.69 Å². The van der Waals surface area contributed by atoms with Gasteiger partial charge in [0.2, 0.25) is 11.6 Å². The number of para-hydroxylation sites is 1. The van der Waals surface area contributed by atoms with E-state index in [4.69, 9.17) is 9.15 Å². The van der Waals surface area contributed by atoms with Crippen molar-refractivity contribution in [2.45, 2.75) is 6.61 Å². The number of halogens is 3. The van der Waals surface area contributed by atoms with Crippen molar-refractivity contribution in [3.05, 3.63) is 131 Å². The average molecular weight is 692 g/mol. The average Bonchev–Trinajstić information content (AvgIpc) is 3.39. The van der Waals surface area contributed by atoms with Gasteiger partial charge in [-0.05, 0) is 76.1 Å². The molecule has 2 aromatic heterocycles. The summed E-state index contributed by atoms with van der Waals surface area (Å²) in [5.41, 5.74) is 1.26. The Morgan fingerprint density at radius 3 is 2.62 bits per heavy atom. The molecule has 0 radical (unpaired) electrons. The van der Waals surface area contributed by atoms with E-state index in [9.17, 15) is 19.3 Å². The molecular weight excluding hydrogens is 675 g/mol. The fourth-order valence-electron chi connectivity index (χ4n) is 4.33. The van der Waals surface area contributed by atoms with E-state index in [2.05, 4.69) is 41.9 Å². The molecule has 4 aromatic carbocycles. The molecular formula is C30H17Br2FN4O5. The summed E-state index contributed by atoms with van der Waals surface area (Å²) >= 11 is 6.80. The number of furan rings is 1. The van der Waals surface area contributed by atoms with Crippen LogP contribution in [-0.2, 0) is 6.61 Å². The van der Waals surface area contributed by atoms with E-state index in [0.29, 0.717) is 37.8 Å². The maximum atomic E-state index is 13.5. The molecule has 0 atom stereocenters. The molecule has 6 rings (SSSR count). The first-order valence-corrected chi connectivity index (χ1v) is 14.0. The van der Waals surface area contributed by atoms with Crippen molar-refractivity contribution >= 4 is 65.6 Å². The monoisotopic (exact) mass is 690 g/mol. The number of hydrogen-bond donors (Lipinski definition) is 0. The summed E-state index contributed by atoms with van der Waals surface area (Å²) in [5, 5.41) is 17.5. The number of nitro groups is 1. The molecule has 12 heteroatoms. The predicted octanol–water partition coefficient (Wildman–Crippen LogP) is 7.84. The van der Waals surface area contributed by atoms with E-state index >= 15 is 0 Å². The van der Waals surface area contributed by atoms with E-state index in [1.165, 1.54) is 36.5 Å². The minimum Gasteiger partial charge on any atom is -0.481 e. The van der Waals surface area contributed by atoms with Crippen molar-refractivity contribution in [2.75, 3.05) is 0 Å². The molecule has 2 heterocycles. The fraction of sp³-hybridized carbons (Fsp3) is 0.0333. The van der Waals surface area contributed by atoms with Crippen molar-refractivity contribution in [3.63, 3.8) is 0 Å². The van der Waals surface area contributed by atoms with Crippen LogP contribution in [0.5, 0.6) is 5.75 Å². The number of benzene rings is 4. The van der Waals surface area contributed by atoms with Gasteiger partial charge in [0.05, 0.1) is 26.5 Å². The standard InChI is InChI=1S/C30H17Br2FN4O5/c31-20-7-10-26-19(13-20)14-27(42-26)29-35-24-4-2-1-3-22(24)30(38)36(29)34-15-18-11-23(32)28(25(12-18)37(39)40)41-16-17-5-8-21(33)9-6-17/h1-15H,16H2. The van der Waals surface area contributed by atoms with Gasteiger partial charge in [-0.15, -0.1) is 0 Å². The second kappa shape index (κ2) is 11.3. The Bertz CT molecular complexity index is 2090. The van der Waals surface area contributed by atoms with Crippen LogP contribution in [0.2, 0.25) is 0 Å². The number of rotatable bonds is 7. The summed E-state index contributed by atoms with van der Waals surface area (Å²) in [6.45, 7) is -0.0112. The highest BCUT2D eigenvalue weighted by molar-refractivity contribution is 9.10. The first-order chi connectivity index (χ1) is 20.3. The Morgan fingerprint density at radius 1 is 1.05 bits per heavy atom. The van der Waals surface area contributed by atoms with Crippen LogP contribution in [0.25, 0.3) is 33.5 Å². The molecule has 208 valence electrons. The van der Waals surface area contributed by atoms with Gasteiger partial charge in [-0.2, -0.15) is 9.78 Å². The molecule has 6 aromatic rings. The minimum absolute atomic E-state index is 0.000129. The van der Waals surface area contributed by atoms with Crippen LogP contribution in [0, 0.1) is 15.9 Å². The lowest BCUT2D eigenvalue weighted by atomic mass is 10.2. The summed E-state index contributed by atoms with van der Waals surface area (Å²) in [4.78, 5) is 29.6. The number of nitro benzene ring substituents is 1. The molecule has 0 aliphatic carbocycles. The number of ether oxygens (including phenoxy) is 1. The molecule has 0 unspecified atom stereocenters. The third-order valence-corrected chi connectivity index (χ3v) is 7.40. The van der Waals surface area contributed by atoms with Gasteiger partial charge in [0.15, 0.2) is 5.76 Å². The van der Waals surface area contributed by atoms with E-state index in [1.807, 2.05) is 12.1 Å². The summed E-state index contributed by atoms with van der Waals surface area (Å²) < 4.78 is 27.2. The first kappa shape index (κ1) is 27.5. The second-order valence-electron chi connectivity index (χ2n) is 9.13. The van der Waals surface area contributed by atoms with Crippen LogP contribution in [0.3, 0.4) is 0 Å². The van der Waals surface area contributed by atoms with Crippen molar-refractivity contribution in [3.8, 4) is 17.3 Å². The Kier molecular flexibility index (Phi) is 7.40. The Labute approximate surface area is 253 Å². The maximum Gasteiger partial charge on any atom is 0.312 e. The van der Waals surface area contributed by atoms with Crippen molar-refractivity contribution < 1.29 is 18.5 Å². The number of hydrogen-bond acceptors (Lipinski definition) is 7. The summed E-state index contributed by atoms with van der Waals surface area (Å²) in [7, 11) is 0. The highest BCUT2D eigenvalue weighted by Gasteiger charge is 2.21. The van der Waals surface area contributed by atoms with Gasteiger partial charge in [0, 0.05) is 21.5 Å². The van der Waals surface area contributed by atoms with Crippen LogP contribution in [-0.4, -0.2) is 20.8 Å². The van der Waals surface area contributed by atoms with Gasteiger partial charge in [0.25, 0.3) is 5.56 Å². The Hall–Kier alpha value is -4.68. The van der Waals surface area contributed by atoms with Crippen LogP contribution < -0.4 is 10.3 Å². The minimum atomic E-state index is -0.580. The fourth-order valence-corrected chi connectivity index (χ4v) is 5.29. The smallest absolute Gasteiger partial charge is 0.312 e. The van der Waals surface area contributed by atoms with Crippen molar-refractivity contribution in [2.24, 2.45) is 5.10 Å². The maximum absolute atomic E-state index is 13.5. The molecule has 0 aliphatic rings. The van der Waals surface area contributed by atoms with E-state index in [0.717, 1.165) is 14.5 Å².